The van der Waals surface area contributed by atoms with Crippen LogP contribution in [0.1, 0.15) is 24.2 Å². The Bertz CT molecular complexity index is 703. The Morgan fingerprint density at radius 2 is 1.96 bits per heavy atom. The summed E-state index contributed by atoms with van der Waals surface area (Å²) in [5.41, 5.74) is 1.32. The Hall–Kier alpha value is -2.63. The van der Waals surface area contributed by atoms with Crippen molar-refractivity contribution < 1.29 is 14.1 Å². The third-order valence-electron chi connectivity index (χ3n) is 4.33. The Morgan fingerprint density at radius 1 is 1.25 bits per heavy atom. The van der Waals surface area contributed by atoms with Crippen LogP contribution in [0.2, 0.25) is 0 Å². The van der Waals surface area contributed by atoms with E-state index in [2.05, 4.69) is 22.6 Å². The van der Waals surface area contributed by atoms with Crippen LogP contribution in [0.3, 0.4) is 0 Å². The minimum Gasteiger partial charge on any atom is -0.360 e. The van der Waals surface area contributed by atoms with Crippen molar-refractivity contribution in [3.05, 3.63) is 47.7 Å². The summed E-state index contributed by atoms with van der Waals surface area (Å²) in [5.74, 6) is 0.237. The molecule has 0 aliphatic carbocycles. The summed E-state index contributed by atoms with van der Waals surface area (Å²) in [6.07, 6.45) is 2.85. The molecule has 0 atom stereocenters. The molecule has 1 aromatic heterocycles. The standard InChI is InChI=1S/C18H21N3O3/c1-13-11-16(20-24-13)19-17(22)18(23)21-9-7-15(8-10-21)12-14-5-3-2-4-6-14/h2-6,11,15H,7-10,12H2,1H3,(H,19,20,22). The molecule has 1 aliphatic rings. The summed E-state index contributed by atoms with van der Waals surface area (Å²) >= 11 is 0. The van der Waals surface area contributed by atoms with Gasteiger partial charge in [-0.3, -0.25) is 14.9 Å². The summed E-state index contributed by atoms with van der Waals surface area (Å²) in [5, 5.41) is 6.14. The van der Waals surface area contributed by atoms with Crippen LogP contribution >= 0.6 is 0 Å². The number of aryl methyl sites for hydroxylation is 1. The van der Waals surface area contributed by atoms with E-state index in [1.165, 1.54) is 5.56 Å². The molecule has 24 heavy (non-hydrogen) atoms. The van der Waals surface area contributed by atoms with Gasteiger partial charge in [0.1, 0.15) is 5.76 Å². The van der Waals surface area contributed by atoms with Gasteiger partial charge in [-0.1, -0.05) is 35.5 Å². The van der Waals surface area contributed by atoms with Crippen LogP contribution in [0.5, 0.6) is 0 Å². The van der Waals surface area contributed by atoms with Crippen molar-refractivity contribution in [2.75, 3.05) is 18.4 Å². The molecule has 2 heterocycles. The number of nitrogens with one attached hydrogen (secondary N) is 1. The highest BCUT2D eigenvalue weighted by Gasteiger charge is 2.27. The van der Waals surface area contributed by atoms with E-state index in [0.717, 1.165) is 19.3 Å². The Kier molecular flexibility index (Phi) is 4.93. The van der Waals surface area contributed by atoms with Crippen LogP contribution in [-0.2, 0) is 16.0 Å². The van der Waals surface area contributed by atoms with Gasteiger partial charge in [0.25, 0.3) is 0 Å². The second-order valence-corrected chi connectivity index (χ2v) is 6.20. The van der Waals surface area contributed by atoms with Gasteiger partial charge in [0.2, 0.25) is 0 Å². The molecule has 0 radical (unpaired) electrons. The Morgan fingerprint density at radius 3 is 2.58 bits per heavy atom. The number of piperidine rings is 1. The number of amides is 2. The highest BCUT2D eigenvalue weighted by Crippen LogP contribution is 2.22. The molecule has 3 rings (SSSR count). The number of rotatable bonds is 3. The van der Waals surface area contributed by atoms with E-state index >= 15 is 0 Å². The van der Waals surface area contributed by atoms with Gasteiger partial charge in [-0.05, 0) is 37.7 Å². The van der Waals surface area contributed by atoms with Crippen LogP contribution in [0.15, 0.2) is 40.9 Å². The summed E-state index contributed by atoms with van der Waals surface area (Å²) in [4.78, 5) is 25.9. The average molecular weight is 327 g/mol. The van der Waals surface area contributed by atoms with Crippen molar-refractivity contribution in [1.82, 2.24) is 10.1 Å². The van der Waals surface area contributed by atoms with Crippen molar-refractivity contribution >= 4 is 17.6 Å². The third-order valence-corrected chi connectivity index (χ3v) is 4.33. The van der Waals surface area contributed by atoms with Crippen LogP contribution in [0, 0.1) is 12.8 Å². The summed E-state index contributed by atoms with van der Waals surface area (Å²) in [7, 11) is 0. The lowest BCUT2D eigenvalue weighted by molar-refractivity contribution is -0.144. The number of benzene rings is 1. The van der Waals surface area contributed by atoms with E-state index in [4.69, 9.17) is 4.52 Å². The molecule has 0 bridgehead atoms. The molecular formula is C18H21N3O3. The van der Waals surface area contributed by atoms with Gasteiger partial charge in [-0.15, -0.1) is 0 Å². The lowest BCUT2D eigenvalue weighted by Crippen LogP contribution is -2.44. The normalized spacial score (nSPS) is 15.3. The number of anilines is 1. The fraction of sp³-hybridized carbons (Fsp3) is 0.389. The van der Waals surface area contributed by atoms with Gasteiger partial charge in [0.05, 0.1) is 0 Å². The van der Waals surface area contributed by atoms with E-state index in [-0.39, 0.29) is 5.82 Å². The number of nitrogens with zero attached hydrogens (tertiary/aromatic N) is 2. The van der Waals surface area contributed by atoms with E-state index in [1.807, 2.05) is 18.2 Å². The van der Waals surface area contributed by atoms with Crippen molar-refractivity contribution in [2.24, 2.45) is 5.92 Å². The second kappa shape index (κ2) is 7.29. The van der Waals surface area contributed by atoms with Gasteiger partial charge in [-0.25, -0.2) is 0 Å². The zero-order valence-electron chi connectivity index (χ0n) is 13.7. The van der Waals surface area contributed by atoms with Gasteiger partial charge >= 0.3 is 11.8 Å². The first kappa shape index (κ1) is 16.2. The molecule has 1 aromatic carbocycles. The lowest BCUT2D eigenvalue weighted by atomic mass is 9.90. The van der Waals surface area contributed by atoms with Gasteiger partial charge in [0.15, 0.2) is 5.82 Å². The van der Waals surface area contributed by atoms with E-state index < -0.39 is 11.8 Å². The minimum atomic E-state index is -0.662. The lowest BCUT2D eigenvalue weighted by Gasteiger charge is -2.31. The van der Waals surface area contributed by atoms with Crippen LogP contribution in [0.25, 0.3) is 0 Å². The van der Waals surface area contributed by atoms with Crippen LogP contribution in [-0.4, -0.2) is 35.0 Å². The maximum absolute atomic E-state index is 12.2. The van der Waals surface area contributed by atoms with Crippen LogP contribution in [0.4, 0.5) is 5.82 Å². The summed E-state index contributed by atoms with van der Waals surface area (Å²) < 4.78 is 4.87. The van der Waals surface area contributed by atoms with Crippen molar-refractivity contribution in [3.8, 4) is 0 Å². The summed E-state index contributed by atoms with van der Waals surface area (Å²) in [6.45, 7) is 2.95. The third kappa shape index (κ3) is 4.01. The fourth-order valence-corrected chi connectivity index (χ4v) is 3.03. The van der Waals surface area contributed by atoms with E-state index in [1.54, 1.807) is 17.9 Å². The SMILES string of the molecule is Cc1cc(NC(=O)C(=O)N2CCC(Cc3ccccc3)CC2)no1. The Balaban J connectivity index is 1.48. The average Bonchev–Trinajstić information content (AvgIpc) is 3.00. The maximum Gasteiger partial charge on any atom is 0.315 e. The minimum absolute atomic E-state index is 0.268. The Labute approximate surface area is 140 Å². The van der Waals surface area contributed by atoms with E-state index in [0.29, 0.717) is 24.8 Å². The fourth-order valence-electron chi connectivity index (χ4n) is 3.03. The first-order valence-electron chi connectivity index (χ1n) is 8.19. The number of hydrogen-bond acceptors (Lipinski definition) is 4. The van der Waals surface area contributed by atoms with Crippen molar-refractivity contribution in [2.45, 2.75) is 26.2 Å². The molecule has 1 aliphatic heterocycles. The predicted molar refractivity (Wildman–Crippen MR) is 89.3 cm³/mol. The maximum atomic E-state index is 12.2. The number of carbonyl (C=O) groups is 2. The molecule has 6 heteroatoms. The number of likely N-dealkylation sites (tertiary alicyclic amines) is 1. The molecule has 1 fully saturated rings. The van der Waals surface area contributed by atoms with Crippen LogP contribution < -0.4 is 5.32 Å². The summed E-state index contributed by atoms with van der Waals surface area (Å²) in [6, 6.07) is 11.9. The molecule has 1 N–H and O–H groups in total. The smallest absolute Gasteiger partial charge is 0.315 e. The molecule has 0 unspecified atom stereocenters. The van der Waals surface area contributed by atoms with Gasteiger partial charge in [0, 0.05) is 19.2 Å². The molecule has 2 aromatic rings. The number of hydrogen-bond donors (Lipinski definition) is 1. The zero-order valence-corrected chi connectivity index (χ0v) is 13.7. The quantitative estimate of drug-likeness (QED) is 0.878. The molecular weight excluding hydrogens is 306 g/mol. The highest BCUT2D eigenvalue weighted by molar-refractivity contribution is 6.39. The number of aromatic nitrogens is 1. The molecule has 1 saturated heterocycles. The second-order valence-electron chi connectivity index (χ2n) is 6.20. The zero-order chi connectivity index (χ0) is 16.9. The van der Waals surface area contributed by atoms with Crippen molar-refractivity contribution in [1.29, 1.82) is 0 Å². The largest absolute Gasteiger partial charge is 0.360 e. The first-order chi connectivity index (χ1) is 11.6. The van der Waals surface area contributed by atoms with Crippen molar-refractivity contribution in [3.63, 3.8) is 0 Å². The van der Waals surface area contributed by atoms with Gasteiger partial charge in [-0.2, -0.15) is 0 Å². The molecule has 6 nitrogen and oxygen atoms in total. The highest BCUT2D eigenvalue weighted by atomic mass is 16.5. The van der Waals surface area contributed by atoms with Gasteiger partial charge < -0.3 is 9.42 Å². The molecule has 126 valence electrons. The molecule has 2 amide bonds. The first-order valence-corrected chi connectivity index (χ1v) is 8.19. The molecule has 0 saturated carbocycles. The molecule has 0 spiro atoms. The van der Waals surface area contributed by atoms with E-state index in [9.17, 15) is 9.59 Å². The predicted octanol–water partition coefficient (Wildman–Crippen LogP) is 2.40. The number of carbonyl (C=O) groups excluding carboxylic acids is 2. The monoisotopic (exact) mass is 327 g/mol. The topological polar surface area (TPSA) is 75.4 Å².